The minimum atomic E-state index is -1.37. The molecule has 5 N–H and O–H groups in total. The fraction of sp³-hybridized carbons (Fsp3) is 0.385. The van der Waals surface area contributed by atoms with Crippen molar-refractivity contribution in [2.45, 2.75) is 58.7 Å². The number of aromatic hydroxyl groups is 1. The molecule has 0 aliphatic rings. The summed E-state index contributed by atoms with van der Waals surface area (Å²) in [7, 11) is 0. The van der Waals surface area contributed by atoms with E-state index in [1.165, 1.54) is 17.0 Å². The molecule has 10 nitrogen and oxygen atoms in total. The van der Waals surface area contributed by atoms with Gasteiger partial charge >= 0.3 is 6.09 Å². The number of aryl methyl sites for hydroxylation is 1. The number of para-hydroxylation sites is 1. The number of primary amides is 1. The number of phenols is 1. The molecule has 0 aromatic heterocycles. The molecule has 2 unspecified atom stereocenters. The van der Waals surface area contributed by atoms with E-state index in [0.29, 0.717) is 11.3 Å². The molecule has 0 heterocycles. The van der Waals surface area contributed by atoms with Crippen LogP contribution in [0.1, 0.15) is 51.3 Å². The van der Waals surface area contributed by atoms with Crippen LogP contribution in [0.5, 0.6) is 5.75 Å². The van der Waals surface area contributed by atoms with Gasteiger partial charge in [-0.2, -0.15) is 0 Å². The smallest absolute Gasteiger partial charge is 0.408 e. The number of alkyl carbamates (subject to hydrolysis) is 1. The molecule has 0 radical (unpaired) electrons. The number of rotatable bonds is 9. The molecule has 0 fully saturated rings. The van der Waals surface area contributed by atoms with Crippen LogP contribution in [0.3, 0.4) is 0 Å². The van der Waals surface area contributed by atoms with Crippen molar-refractivity contribution in [3.63, 3.8) is 0 Å². The molecule has 0 saturated heterocycles. The summed E-state index contributed by atoms with van der Waals surface area (Å²) >= 11 is 0. The van der Waals surface area contributed by atoms with Crippen LogP contribution >= 0.6 is 0 Å². The van der Waals surface area contributed by atoms with Gasteiger partial charge in [-0.25, -0.2) is 4.79 Å². The minimum Gasteiger partial charge on any atom is -0.508 e. The van der Waals surface area contributed by atoms with Crippen molar-refractivity contribution in [3.8, 4) is 5.75 Å². The van der Waals surface area contributed by atoms with Gasteiger partial charge in [0.15, 0.2) is 0 Å². The molecule has 0 aliphatic carbocycles. The van der Waals surface area contributed by atoms with Crippen molar-refractivity contribution in [2.75, 3.05) is 11.9 Å². The van der Waals surface area contributed by atoms with E-state index >= 15 is 0 Å². The molecule has 2 rings (SSSR count). The summed E-state index contributed by atoms with van der Waals surface area (Å²) in [6.07, 6.45) is -1.41. The molecular formula is C26H34N4O6. The Bertz CT molecular complexity index is 1110. The minimum absolute atomic E-state index is 0.0472. The second kappa shape index (κ2) is 12.1. The van der Waals surface area contributed by atoms with Crippen LogP contribution < -0.4 is 16.4 Å². The number of carbonyl (C=O) groups is 4. The fourth-order valence-electron chi connectivity index (χ4n) is 3.60. The van der Waals surface area contributed by atoms with E-state index in [-0.39, 0.29) is 12.3 Å². The number of phenolic OH excluding ortho intramolecular Hbond substituents is 1. The maximum absolute atomic E-state index is 13.6. The van der Waals surface area contributed by atoms with E-state index in [9.17, 15) is 24.3 Å². The summed E-state index contributed by atoms with van der Waals surface area (Å²) in [6.45, 7) is 8.50. The lowest BCUT2D eigenvalue weighted by atomic mass is 10.0. The molecule has 0 bridgehead atoms. The van der Waals surface area contributed by atoms with E-state index < -0.39 is 47.9 Å². The van der Waals surface area contributed by atoms with Crippen molar-refractivity contribution >= 4 is 29.5 Å². The average molecular weight is 499 g/mol. The SMILES string of the molecule is CCN(C(=O)C(CC(N)=O)NC(=O)OC(C)(C)C)C(C(=O)Nc1ccccc1C)c1cccc(O)c1. The van der Waals surface area contributed by atoms with Gasteiger partial charge in [-0.1, -0.05) is 30.3 Å². The number of anilines is 1. The lowest BCUT2D eigenvalue weighted by Crippen LogP contribution is -2.53. The average Bonchev–Trinajstić information content (AvgIpc) is 2.76. The Balaban J connectivity index is 2.46. The van der Waals surface area contributed by atoms with E-state index in [4.69, 9.17) is 10.5 Å². The first kappa shape index (κ1) is 28.2. The molecular weight excluding hydrogens is 464 g/mol. The lowest BCUT2D eigenvalue weighted by Gasteiger charge is -2.33. The summed E-state index contributed by atoms with van der Waals surface area (Å²) in [5.41, 5.74) is 6.21. The fourth-order valence-corrected chi connectivity index (χ4v) is 3.60. The number of nitrogens with two attached hydrogens (primary N) is 1. The number of hydrogen-bond acceptors (Lipinski definition) is 6. The van der Waals surface area contributed by atoms with Crippen LogP contribution in [0, 0.1) is 6.92 Å². The van der Waals surface area contributed by atoms with E-state index in [0.717, 1.165) is 5.56 Å². The second-order valence-corrected chi connectivity index (χ2v) is 9.30. The van der Waals surface area contributed by atoms with Crippen LogP contribution in [0.4, 0.5) is 10.5 Å². The molecule has 2 aromatic carbocycles. The predicted molar refractivity (Wildman–Crippen MR) is 135 cm³/mol. The van der Waals surface area contributed by atoms with Gasteiger partial charge in [-0.3, -0.25) is 14.4 Å². The summed E-state index contributed by atoms with van der Waals surface area (Å²) < 4.78 is 5.23. The first-order valence-electron chi connectivity index (χ1n) is 11.6. The van der Waals surface area contributed by atoms with E-state index in [1.807, 2.05) is 19.1 Å². The van der Waals surface area contributed by atoms with Crippen molar-refractivity contribution in [2.24, 2.45) is 5.73 Å². The highest BCUT2D eigenvalue weighted by Crippen LogP contribution is 2.27. The number of likely N-dealkylation sites (N-methyl/N-ethyl adjacent to an activating group) is 1. The third kappa shape index (κ3) is 8.00. The van der Waals surface area contributed by atoms with Crippen LogP contribution in [-0.4, -0.2) is 52.0 Å². The molecule has 4 amide bonds. The zero-order valence-corrected chi connectivity index (χ0v) is 21.2. The number of hydrogen-bond donors (Lipinski definition) is 4. The maximum atomic E-state index is 13.6. The van der Waals surface area contributed by atoms with Crippen LogP contribution in [0.2, 0.25) is 0 Å². The Kier molecular flexibility index (Phi) is 9.43. The third-order valence-electron chi connectivity index (χ3n) is 5.17. The molecule has 2 atom stereocenters. The van der Waals surface area contributed by atoms with Gasteiger partial charge < -0.3 is 31.1 Å². The van der Waals surface area contributed by atoms with Gasteiger partial charge in [-0.05, 0) is 63.9 Å². The number of carbonyl (C=O) groups excluding carboxylic acids is 4. The topological polar surface area (TPSA) is 151 Å². The Morgan fingerprint density at radius 1 is 1.08 bits per heavy atom. The van der Waals surface area contributed by atoms with Gasteiger partial charge in [0.2, 0.25) is 11.8 Å². The lowest BCUT2D eigenvalue weighted by molar-refractivity contribution is -0.141. The number of nitrogens with zero attached hydrogens (tertiary/aromatic N) is 1. The molecule has 0 aliphatic heterocycles. The highest BCUT2D eigenvalue weighted by molar-refractivity contribution is 6.00. The van der Waals surface area contributed by atoms with E-state index in [1.54, 1.807) is 52.0 Å². The Morgan fingerprint density at radius 3 is 2.31 bits per heavy atom. The largest absolute Gasteiger partial charge is 0.508 e. The van der Waals surface area contributed by atoms with Crippen molar-refractivity contribution in [1.29, 1.82) is 0 Å². The monoisotopic (exact) mass is 498 g/mol. The first-order chi connectivity index (χ1) is 16.8. The normalized spacial score (nSPS) is 12.7. The maximum Gasteiger partial charge on any atom is 0.408 e. The van der Waals surface area contributed by atoms with Gasteiger partial charge in [0.1, 0.15) is 23.4 Å². The summed E-state index contributed by atoms with van der Waals surface area (Å²) in [5.74, 6) is -2.17. The highest BCUT2D eigenvalue weighted by atomic mass is 16.6. The van der Waals surface area contributed by atoms with Crippen molar-refractivity contribution in [1.82, 2.24) is 10.2 Å². The summed E-state index contributed by atoms with van der Waals surface area (Å²) in [5, 5.41) is 15.3. The van der Waals surface area contributed by atoms with Gasteiger partial charge in [0, 0.05) is 12.2 Å². The number of ether oxygens (including phenoxy) is 1. The molecule has 2 aromatic rings. The van der Waals surface area contributed by atoms with Crippen LogP contribution in [-0.2, 0) is 19.1 Å². The van der Waals surface area contributed by atoms with Crippen LogP contribution in [0.25, 0.3) is 0 Å². The summed E-state index contributed by atoms with van der Waals surface area (Å²) in [6, 6.07) is 10.6. The number of benzene rings is 2. The molecule has 36 heavy (non-hydrogen) atoms. The van der Waals surface area contributed by atoms with Crippen molar-refractivity contribution < 1.29 is 29.0 Å². The summed E-state index contributed by atoms with van der Waals surface area (Å²) in [4.78, 5) is 52.5. The highest BCUT2D eigenvalue weighted by Gasteiger charge is 2.36. The van der Waals surface area contributed by atoms with E-state index in [2.05, 4.69) is 10.6 Å². The molecule has 10 heteroatoms. The first-order valence-corrected chi connectivity index (χ1v) is 11.6. The van der Waals surface area contributed by atoms with Gasteiger partial charge in [0.25, 0.3) is 5.91 Å². The number of nitrogens with one attached hydrogen (secondary N) is 2. The van der Waals surface area contributed by atoms with Crippen LogP contribution in [0.15, 0.2) is 48.5 Å². The zero-order chi connectivity index (χ0) is 27.0. The standard InChI is InChI=1S/C26H34N4O6/c1-6-30(24(34)20(15-21(27)32)29-25(35)36-26(3,4)5)22(17-11-9-12-18(31)14-17)23(33)28-19-13-8-7-10-16(19)2/h7-14,20,22,31H,6,15H2,1-5H3,(H2,27,32)(H,28,33)(H,29,35). The van der Waals surface area contributed by atoms with Crippen molar-refractivity contribution in [3.05, 3.63) is 59.7 Å². The third-order valence-corrected chi connectivity index (χ3v) is 5.17. The van der Waals surface area contributed by atoms with Gasteiger partial charge in [-0.15, -0.1) is 0 Å². The number of amides is 4. The molecule has 194 valence electrons. The molecule has 0 saturated carbocycles. The predicted octanol–water partition coefficient (Wildman–Crippen LogP) is 3.00. The second-order valence-electron chi connectivity index (χ2n) is 9.30. The van der Waals surface area contributed by atoms with Gasteiger partial charge in [0.05, 0.1) is 6.42 Å². The quantitative estimate of drug-likeness (QED) is 0.417. The Hall–Kier alpha value is -4.08. The zero-order valence-electron chi connectivity index (χ0n) is 21.2. The molecule has 0 spiro atoms. The Labute approximate surface area is 210 Å². The Morgan fingerprint density at radius 2 is 1.75 bits per heavy atom.